The number of sulfonamides is 1. The summed E-state index contributed by atoms with van der Waals surface area (Å²) in [6, 6.07) is 23.6. The lowest BCUT2D eigenvalue weighted by molar-refractivity contribution is 0.0766. The fraction of sp³-hybridized carbons (Fsp3) is 0.259. The van der Waals surface area contributed by atoms with Gasteiger partial charge in [0.15, 0.2) is 0 Å². The molecule has 0 atom stereocenters. The number of hydrogen-bond acceptors (Lipinski definition) is 5. The van der Waals surface area contributed by atoms with Crippen LogP contribution in [-0.4, -0.2) is 45.4 Å². The van der Waals surface area contributed by atoms with Crippen molar-refractivity contribution in [3.8, 4) is 6.07 Å². The topological polar surface area (TPSA) is 93.5 Å². The van der Waals surface area contributed by atoms with E-state index >= 15 is 0 Å². The van der Waals surface area contributed by atoms with Crippen LogP contribution in [0.25, 0.3) is 0 Å². The number of hydrogen-bond donors (Lipinski definition) is 1. The molecule has 1 N–H and O–H groups in total. The third-order valence-corrected chi connectivity index (χ3v) is 7.60. The van der Waals surface area contributed by atoms with Crippen molar-refractivity contribution in [3.05, 3.63) is 95.1 Å². The maximum absolute atomic E-state index is 13.4. The first-order chi connectivity index (χ1) is 16.9. The van der Waals surface area contributed by atoms with E-state index in [-0.39, 0.29) is 17.3 Å². The van der Waals surface area contributed by atoms with E-state index in [1.807, 2.05) is 49.4 Å². The molecule has 0 unspecified atom stereocenters. The summed E-state index contributed by atoms with van der Waals surface area (Å²) in [6.45, 7) is 4.58. The lowest BCUT2D eigenvalue weighted by Crippen LogP contribution is -2.35. The summed E-state index contributed by atoms with van der Waals surface area (Å²) in [5, 5.41) is 9.01. The molecule has 8 heteroatoms. The highest BCUT2D eigenvalue weighted by Gasteiger charge is 2.24. The molecule has 1 heterocycles. The molecule has 0 aliphatic carbocycles. The SMILES string of the molecule is Cc1ccc(S(=O)(=O)NCc2ccccc2)cc1C(=O)N1CCCN(c2ccc(C#N)cc2)CC1. The Morgan fingerprint density at radius 3 is 2.43 bits per heavy atom. The zero-order valence-corrected chi connectivity index (χ0v) is 20.5. The summed E-state index contributed by atoms with van der Waals surface area (Å²) < 4.78 is 28.4. The van der Waals surface area contributed by atoms with Crippen molar-refractivity contribution in [1.82, 2.24) is 9.62 Å². The van der Waals surface area contributed by atoms with Crippen LogP contribution < -0.4 is 9.62 Å². The number of nitrogens with zero attached hydrogens (tertiary/aromatic N) is 3. The van der Waals surface area contributed by atoms with Crippen LogP contribution in [0.1, 0.15) is 33.5 Å². The normalized spacial score (nSPS) is 14.3. The fourth-order valence-corrected chi connectivity index (χ4v) is 5.20. The van der Waals surface area contributed by atoms with Crippen molar-refractivity contribution in [1.29, 1.82) is 5.26 Å². The van der Waals surface area contributed by atoms with E-state index in [1.165, 1.54) is 12.1 Å². The number of rotatable bonds is 6. The van der Waals surface area contributed by atoms with Crippen LogP contribution in [0.5, 0.6) is 0 Å². The summed E-state index contributed by atoms with van der Waals surface area (Å²) >= 11 is 0. The number of carbonyl (C=O) groups is 1. The molecular weight excluding hydrogens is 460 g/mol. The highest BCUT2D eigenvalue weighted by Crippen LogP contribution is 2.21. The summed E-state index contributed by atoms with van der Waals surface area (Å²) in [5.74, 6) is -0.163. The highest BCUT2D eigenvalue weighted by atomic mass is 32.2. The van der Waals surface area contributed by atoms with Gasteiger partial charge in [-0.2, -0.15) is 5.26 Å². The molecule has 0 saturated carbocycles. The van der Waals surface area contributed by atoms with Crippen molar-refractivity contribution in [2.75, 3.05) is 31.1 Å². The Bertz CT molecular complexity index is 1330. The first kappa shape index (κ1) is 24.5. The first-order valence-corrected chi connectivity index (χ1v) is 13.0. The minimum atomic E-state index is -3.77. The van der Waals surface area contributed by atoms with Gasteiger partial charge < -0.3 is 9.80 Å². The van der Waals surface area contributed by atoms with Gasteiger partial charge in [0.25, 0.3) is 5.91 Å². The number of carbonyl (C=O) groups excluding carboxylic acids is 1. The fourth-order valence-electron chi connectivity index (χ4n) is 4.15. The average Bonchev–Trinajstić information content (AvgIpc) is 3.14. The van der Waals surface area contributed by atoms with Crippen LogP contribution in [0.2, 0.25) is 0 Å². The van der Waals surface area contributed by atoms with E-state index in [9.17, 15) is 13.2 Å². The third kappa shape index (κ3) is 5.88. The van der Waals surface area contributed by atoms with Gasteiger partial charge in [0.05, 0.1) is 16.5 Å². The van der Waals surface area contributed by atoms with Gasteiger partial charge in [-0.25, -0.2) is 13.1 Å². The van der Waals surface area contributed by atoms with Gasteiger partial charge in [0.2, 0.25) is 10.0 Å². The molecule has 0 bridgehead atoms. The van der Waals surface area contributed by atoms with Crippen LogP contribution in [0, 0.1) is 18.3 Å². The largest absolute Gasteiger partial charge is 0.370 e. The Morgan fingerprint density at radius 2 is 1.71 bits per heavy atom. The van der Waals surface area contributed by atoms with Gasteiger partial charge in [-0.05, 0) is 60.9 Å². The molecule has 0 aromatic heterocycles. The van der Waals surface area contributed by atoms with Crippen LogP contribution >= 0.6 is 0 Å². The van der Waals surface area contributed by atoms with Gasteiger partial charge in [-0.3, -0.25) is 4.79 Å². The van der Waals surface area contributed by atoms with E-state index in [2.05, 4.69) is 15.7 Å². The molecule has 180 valence electrons. The number of anilines is 1. The van der Waals surface area contributed by atoms with Gasteiger partial charge in [0.1, 0.15) is 0 Å². The second-order valence-electron chi connectivity index (χ2n) is 8.58. The van der Waals surface area contributed by atoms with E-state index in [1.54, 1.807) is 23.1 Å². The quantitative estimate of drug-likeness (QED) is 0.571. The van der Waals surface area contributed by atoms with E-state index < -0.39 is 10.0 Å². The van der Waals surface area contributed by atoms with Crippen LogP contribution in [0.4, 0.5) is 5.69 Å². The number of benzene rings is 3. The van der Waals surface area contributed by atoms with Gasteiger partial charge in [-0.15, -0.1) is 0 Å². The van der Waals surface area contributed by atoms with Crippen LogP contribution in [0.15, 0.2) is 77.7 Å². The second-order valence-corrected chi connectivity index (χ2v) is 10.3. The molecule has 1 saturated heterocycles. The molecule has 0 spiro atoms. The van der Waals surface area contributed by atoms with Crippen molar-refractivity contribution < 1.29 is 13.2 Å². The number of aryl methyl sites for hydroxylation is 1. The average molecular weight is 489 g/mol. The summed E-state index contributed by atoms with van der Waals surface area (Å²) in [5.41, 5.74) is 3.64. The Balaban J connectivity index is 1.47. The molecule has 7 nitrogen and oxygen atoms in total. The van der Waals surface area contributed by atoms with Gasteiger partial charge in [0, 0.05) is 44.0 Å². The summed E-state index contributed by atoms with van der Waals surface area (Å²) in [7, 11) is -3.77. The van der Waals surface area contributed by atoms with Gasteiger partial charge >= 0.3 is 0 Å². The zero-order valence-electron chi connectivity index (χ0n) is 19.6. The molecule has 0 radical (unpaired) electrons. The molecule has 3 aromatic rings. The molecule has 1 aliphatic heterocycles. The monoisotopic (exact) mass is 488 g/mol. The number of nitrogens with one attached hydrogen (secondary N) is 1. The number of amides is 1. The lowest BCUT2D eigenvalue weighted by Gasteiger charge is -2.24. The number of nitriles is 1. The molecule has 4 rings (SSSR count). The second kappa shape index (κ2) is 10.7. The molecule has 3 aromatic carbocycles. The molecule has 1 aliphatic rings. The molecule has 1 amide bonds. The van der Waals surface area contributed by atoms with E-state index in [0.29, 0.717) is 30.8 Å². The third-order valence-electron chi connectivity index (χ3n) is 6.20. The molecule has 1 fully saturated rings. The minimum Gasteiger partial charge on any atom is -0.370 e. The minimum absolute atomic E-state index is 0.0800. The van der Waals surface area contributed by atoms with Crippen molar-refractivity contribution in [2.24, 2.45) is 0 Å². The zero-order chi connectivity index (χ0) is 24.8. The van der Waals surface area contributed by atoms with E-state index in [4.69, 9.17) is 5.26 Å². The highest BCUT2D eigenvalue weighted by molar-refractivity contribution is 7.89. The smallest absolute Gasteiger partial charge is 0.254 e. The molecule has 35 heavy (non-hydrogen) atoms. The molecular formula is C27H28N4O3S. The van der Waals surface area contributed by atoms with E-state index in [0.717, 1.165) is 29.8 Å². The van der Waals surface area contributed by atoms with Crippen molar-refractivity contribution in [2.45, 2.75) is 24.8 Å². The maximum atomic E-state index is 13.4. The summed E-state index contributed by atoms with van der Waals surface area (Å²) in [4.78, 5) is 17.5. The Hall–Kier alpha value is -3.67. The first-order valence-electron chi connectivity index (χ1n) is 11.6. The summed E-state index contributed by atoms with van der Waals surface area (Å²) in [6.07, 6.45) is 0.793. The Labute approximate surface area is 206 Å². The van der Waals surface area contributed by atoms with Gasteiger partial charge in [-0.1, -0.05) is 36.4 Å². The van der Waals surface area contributed by atoms with Crippen molar-refractivity contribution >= 4 is 21.6 Å². The van der Waals surface area contributed by atoms with Crippen LogP contribution in [-0.2, 0) is 16.6 Å². The Morgan fingerprint density at radius 1 is 0.971 bits per heavy atom. The van der Waals surface area contributed by atoms with Crippen molar-refractivity contribution in [3.63, 3.8) is 0 Å². The Kier molecular flexibility index (Phi) is 7.49. The standard InChI is InChI=1S/C27H28N4O3S/c1-21-8-13-25(35(33,34)29-20-23-6-3-2-4-7-23)18-26(21)27(32)31-15-5-14-30(16-17-31)24-11-9-22(19-28)10-12-24/h2-4,6-13,18,29H,5,14-17,20H2,1H3. The predicted molar refractivity (Wildman–Crippen MR) is 136 cm³/mol. The van der Waals surface area contributed by atoms with Crippen LogP contribution in [0.3, 0.4) is 0 Å². The maximum Gasteiger partial charge on any atom is 0.254 e. The predicted octanol–water partition coefficient (Wildman–Crippen LogP) is 3.70. The lowest BCUT2D eigenvalue weighted by atomic mass is 10.1.